The molecule has 1 fully saturated rings. The van der Waals surface area contributed by atoms with Crippen LogP contribution in [0, 0.1) is 6.92 Å². The Labute approximate surface area is 154 Å². The molecule has 0 bridgehead atoms. The lowest BCUT2D eigenvalue weighted by Crippen LogP contribution is -2.46. The minimum atomic E-state index is 0.660. The van der Waals surface area contributed by atoms with Gasteiger partial charge >= 0.3 is 0 Å². The number of piperazine rings is 1. The summed E-state index contributed by atoms with van der Waals surface area (Å²) in [6.45, 7) is 6.47. The summed E-state index contributed by atoms with van der Waals surface area (Å²) in [6.07, 6.45) is 2.44. The van der Waals surface area contributed by atoms with Gasteiger partial charge in [0.25, 0.3) is 0 Å². The van der Waals surface area contributed by atoms with Crippen LogP contribution in [-0.4, -0.2) is 59.2 Å². The molecular weight excluding hydrogens is 356 g/mol. The Morgan fingerprint density at radius 2 is 1.96 bits per heavy atom. The Kier molecular flexibility index (Phi) is 4.78. The van der Waals surface area contributed by atoms with Gasteiger partial charge in [0.2, 0.25) is 5.13 Å². The number of rotatable bonds is 5. The number of hydrogen-bond donors (Lipinski definition) is 0. The molecule has 0 amide bonds. The number of hydrogen-bond acceptors (Lipinski definition) is 9. The summed E-state index contributed by atoms with van der Waals surface area (Å²) in [5.41, 5.74) is 0. The van der Waals surface area contributed by atoms with Crippen LogP contribution in [0.2, 0.25) is 0 Å². The molecule has 25 heavy (non-hydrogen) atoms. The monoisotopic (exact) mass is 376 g/mol. The fourth-order valence-corrected chi connectivity index (χ4v) is 4.60. The Balaban J connectivity index is 1.45. The van der Waals surface area contributed by atoms with E-state index in [2.05, 4.69) is 42.1 Å². The Bertz CT molecular complexity index is 855. The van der Waals surface area contributed by atoms with E-state index < -0.39 is 0 Å². The zero-order valence-electron chi connectivity index (χ0n) is 14.3. The Morgan fingerprint density at radius 3 is 2.76 bits per heavy atom. The first kappa shape index (κ1) is 16.6. The molecule has 1 saturated heterocycles. The maximum absolute atomic E-state index is 5.09. The van der Waals surface area contributed by atoms with E-state index in [4.69, 9.17) is 4.74 Å². The minimum absolute atomic E-state index is 0.660. The number of fused-ring (bicyclic) bond motifs is 1. The molecule has 0 atom stereocenters. The highest BCUT2D eigenvalue weighted by Crippen LogP contribution is 2.30. The third-order valence-corrected chi connectivity index (χ3v) is 6.04. The van der Waals surface area contributed by atoms with Gasteiger partial charge in [-0.3, -0.25) is 0 Å². The van der Waals surface area contributed by atoms with Gasteiger partial charge in [0.15, 0.2) is 0 Å². The fraction of sp³-hybridized carbons (Fsp3) is 0.500. The van der Waals surface area contributed by atoms with Crippen LogP contribution in [0.3, 0.4) is 0 Å². The lowest BCUT2D eigenvalue weighted by atomic mass is 10.2. The summed E-state index contributed by atoms with van der Waals surface area (Å²) < 4.78 is 9.52. The molecular formula is C16H20N6OS2. The maximum atomic E-state index is 5.09. The lowest BCUT2D eigenvalue weighted by molar-refractivity contribution is 0.201. The number of nitrogens with zero attached hydrogens (tertiary/aromatic N) is 6. The Morgan fingerprint density at radius 1 is 1.16 bits per heavy atom. The predicted molar refractivity (Wildman–Crippen MR) is 102 cm³/mol. The second-order valence-corrected chi connectivity index (χ2v) is 7.95. The van der Waals surface area contributed by atoms with Crippen molar-refractivity contribution in [3.05, 3.63) is 23.1 Å². The van der Waals surface area contributed by atoms with Crippen LogP contribution in [0.4, 0.5) is 10.9 Å². The van der Waals surface area contributed by atoms with E-state index in [1.165, 1.54) is 16.4 Å². The van der Waals surface area contributed by atoms with Crippen LogP contribution in [0.15, 0.2) is 12.4 Å². The highest BCUT2D eigenvalue weighted by Gasteiger charge is 2.22. The molecule has 1 aliphatic rings. The van der Waals surface area contributed by atoms with E-state index in [0.29, 0.717) is 6.61 Å². The van der Waals surface area contributed by atoms with E-state index in [-0.39, 0.29) is 0 Å². The predicted octanol–water partition coefficient (Wildman–Crippen LogP) is 2.37. The fourth-order valence-electron chi connectivity index (χ4n) is 2.99. The summed E-state index contributed by atoms with van der Waals surface area (Å²) in [5.74, 6) is 1.92. The first-order valence-electron chi connectivity index (χ1n) is 8.27. The van der Waals surface area contributed by atoms with Crippen LogP contribution >= 0.6 is 22.9 Å². The average Bonchev–Trinajstić information content (AvgIpc) is 3.25. The van der Waals surface area contributed by atoms with Gasteiger partial charge in [-0.15, -0.1) is 11.3 Å². The molecule has 4 rings (SSSR count). The van der Waals surface area contributed by atoms with Gasteiger partial charge < -0.3 is 14.5 Å². The molecule has 132 valence electrons. The number of thiophene rings is 1. The number of ether oxygens (including phenoxy) is 1. The third kappa shape index (κ3) is 3.44. The van der Waals surface area contributed by atoms with Crippen LogP contribution < -0.4 is 9.80 Å². The molecule has 7 nitrogen and oxygen atoms in total. The van der Waals surface area contributed by atoms with Crippen molar-refractivity contribution in [1.82, 2.24) is 19.3 Å². The normalized spacial score (nSPS) is 15.3. The molecule has 3 aromatic heterocycles. The van der Waals surface area contributed by atoms with E-state index in [1.807, 2.05) is 0 Å². The number of aromatic nitrogens is 4. The molecule has 0 aromatic carbocycles. The summed E-state index contributed by atoms with van der Waals surface area (Å²) in [5, 5.41) is 2.17. The van der Waals surface area contributed by atoms with Crippen molar-refractivity contribution in [2.75, 3.05) is 49.7 Å². The van der Waals surface area contributed by atoms with Crippen molar-refractivity contribution in [3.63, 3.8) is 0 Å². The SMILES string of the molecule is COCCc1nsc(N2CCN(c3ncnc4sc(C)cc34)CC2)n1. The third-order valence-electron chi connectivity index (χ3n) is 4.27. The average molecular weight is 377 g/mol. The van der Waals surface area contributed by atoms with Crippen molar-refractivity contribution in [2.24, 2.45) is 0 Å². The van der Waals surface area contributed by atoms with E-state index >= 15 is 0 Å². The molecule has 1 aliphatic heterocycles. The van der Waals surface area contributed by atoms with E-state index in [0.717, 1.165) is 59.6 Å². The first-order valence-corrected chi connectivity index (χ1v) is 9.86. The summed E-state index contributed by atoms with van der Waals surface area (Å²) in [7, 11) is 1.70. The van der Waals surface area contributed by atoms with E-state index in [9.17, 15) is 0 Å². The van der Waals surface area contributed by atoms with Gasteiger partial charge in [-0.2, -0.15) is 4.37 Å². The molecule has 0 spiro atoms. The van der Waals surface area contributed by atoms with Crippen LogP contribution in [0.1, 0.15) is 10.7 Å². The van der Waals surface area contributed by atoms with Gasteiger partial charge in [-0.05, 0) is 13.0 Å². The zero-order valence-corrected chi connectivity index (χ0v) is 15.9. The first-order chi connectivity index (χ1) is 12.2. The van der Waals surface area contributed by atoms with Crippen molar-refractivity contribution in [3.8, 4) is 0 Å². The molecule has 4 heterocycles. The minimum Gasteiger partial charge on any atom is -0.384 e. The summed E-state index contributed by atoms with van der Waals surface area (Å²) >= 11 is 3.20. The van der Waals surface area contributed by atoms with E-state index in [1.54, 1.807) is 24.8 Å². The quantitative estimate of drug-likeness (QED) is 0.677. The van der Waals surface area contributed by atoms with Gasteiger partial charge in [-0.25, -0.2) is 15.0 Å². The smallest absolute Gasteiger partial charge is 0.205 e. The van der Waals surface area contributed by atoms with Crippen LogP contribution in [0.5, 0.6) is 0 Å². The Hall–Kier alpha value is -1.84. The number of anilines is 2. The maximum Gasteiger partial charge on any atom is 0.205 e. The molecule has 0 radical (unpaired) electrons. The number of aryl methyl sites for hydroxylation is 1. The van der Waals surface area contributed by atoms with Crippen molar-refractivity contribution < 1.29 is 4.74 Å². The number of methoxy groups -OCH3 is 1. The second-order valence-electron chi connectivity index (χ2n) is 5.98. The molecule has 0 saturated carbocycles. The highest BCUT2D eigenvalue weighted by atomic mass is 32.1. The topological polar surface area (TPSA) is 67.3 Å². The molecule has 9 heteroatoms. The lowest BCUT2D eigenvalue weighted by Gasteiger charge is -2.35. The van der Waals surface area contributed by atoms with Gasteiger partial charge in [0.1, 0.15) is 22.8 Å². The highest BCUT2D eigenvalue weighted by molar-refractivity contribution is 7.18. The summed E-state index contributed by atoms with van der Waals surface area (Å²) in [6, 6.07) is 2.19. The second kappa shape index (κ2) is 7.19. The summed E-state index contributed by atoms with van der Waals surface area (Å²) in [4.78, 5) is 20.6. The van der Waals surface area contributed by atoms with Gasteiger partial charge in [0.05, 0.1) is 12.0 Å². The van der Waals surface area contributed by atoms with Crippen molar-refractivity contribution >= 4 is 44.0 Å². The van der Waals surface area contributed by atoms with Gasteiger partial charge in [-0.1, -0.05) is 0 Å². The van der Waals surface area contributed by atoms with Crippen molar-refractivity contribution in [2.45, 2.75) is 13.3 Å². The van der Waals surface area contributed by atoms with Crippen molar-refractivity contribution in [1.29, 1.82) is 0 Å². The molecule has 0 N–H and O–H groups in total. The van der Waals surface area contributed by atoms with Crippen LogP contribution in [-0.2, 0) is 11.2 Å². The standard InChI is InChI=1S/C16H20N6OS2/c1-11-9-12-14(17-10-18-15(12)24-11)21-4-6-22(7-5-21)16-19-13(20-25-16)3-8-23-2/h9-10H,3-8H2,1-2H3. The van der Waals surface area contributed by atoms with Gasteiger partial charge in [0, 0.05) is 56.1 Å². The molecule has 0 unspecified atom stereocenters. The zero-order chi connectivity index (χ0) is 17.2. The van der Waals surface area contributed by atoms with Crippen LogP contribution in [0.25, 0.3) is 10.2 Å². The molecule has 3 aromatic rings. The molecule has 0 aliphatic carbocycles. The largest absolute Gasteiger partial charge is 0.384 e.